The SMILES string of the molecule is CCCCCCNCCN1CCC[C@H]2CCCC[C@H]21. The highest BCUT2D eigenvalue weighted by Gasteiger charge is 2.32. The molecule has 0 unspecified atom stereocenters. The zero-order valence-electron chi connectivity index (χ0n) is 13.0. The number of unbranched alkanes of at least 4 members (excludes halogenated alkanes) is 3. The van der Waals surface area contributed by atoms with Crippen LogP contribution in [0.15, 0.2) is 0 Å². The molecule has 0 aromatic heterocycles. The number of hydrogen-bond acceptors (Lipinski definition) is 2. The second-order valence-corrected chi connectivity index (χ2v) is 6.60. The molecule has 0 aromatic carbocycles. The van der Waals surface area contributed by atoms with Gasteiger partial charge in [0.15, 0.2) is 0 Å². The molecule has 2 aliphatic rings. The van der Waals surface area contributed by atoms with E-state index in [0.717, 1.165) is 12.0 Å². The zero-order valence-corrected chi connectivity index (χ0v) is 13.0. The maximum Gasteiger partial charge on any atom is 0.0124 e. The lowest BCUT2D eigenvalue weighted by Gasteiger charge is -2.44. The van der Waals surface area contributed by atoms with Gasteiger partial charge in [-0.2, -0.15) is 0 Å². The number of nitrogens with one attached hydrogen (secondary N) is 1. The molecule has 0 amide bonds. The number of nitrogens with zero attached hydrogens (tertiary/aromatic N) is 1. The van der Waals surface area contributed by atoms with Gasteiger partial charge < -0.3 is 5.32 Å². The van der Waals surface area contributed by atoms with Crippen LogP contribution in [0, 0.1) is 5.92 Å². The molecule has 2 heteroatoms. The largest absolute Gasteiger partial charge is 0.315 e. The van der Waals surface area contributed by atoms with Crippen molar-refractivity contribution in [1.82, 2.24) is 10.2 Å². The van der Waals surface area contributed by atoms with E-state index in [4.69, 9.17) is 0 Å². The summed E-state index contributed by atoms with van der Waals surface area (Å²) in [5.41, 5.74) is 0. The van der Waals surface area contributed by atoms with Crippen LogP contribution >= 0.6 is 0 Å². The maximum atomic E-state index is 3.65. The van der Waals surface area contributed by atoms with Gasteiger partial charge in [0.2, 0.25) is 0 Å². The maximum absolute atomic E-state index is 3.65. The van der Waals surface area contributed by atoms with Gasteiger partial charge in [0.1, 0.15) is 0 Å². The van der Waals surface area contributed by atoms with Crippen molar-refractivity contribution in [3.63, 3.8) is 0 Å². The van der Waals surface area contributed by atoms with E-state index in [1.165, 1.54) is 90.4 Å². The van der Waals surface area contributed by atoms with Crippen LogP contribution in [-0.4, -0.2) is 37.1 Å². The summed E-state index contributed by atoms with van der Waals surface area (Å²) in [5, 5.41) is 3.65. The third kappa shape index (κ3) is 5.07. The summed E-state index contributed by atoms with van der Waals surface area (Å²) in [6.45, 7) is 7.36. The zero-order chi connectivity index (χ0) is 13.3. The molecular formula is C17H34N2. The number of piperidine rings is 1. The topological polar surface area (TPSA) is 15.3 Å². The molecule has 19 heavy (non-hydrogen) atoms. The summed E-state index contributed by atoms with van der Waals surface area (Å²) in [7, 11) is 0. The van der Waals surface area contributed by atoms with E-state index >= 15 is 0 Å². The molecular weight excluding hydrogens is 232 g/mol. The molecule has 2 atom stereocenters. The molecule has 112 valence electrons. The Labute approximate surface area is 120 Å². The first kappa shape index (κ1) is 15.3. The van der Waals surface area contributed by atoms with Gasteiger partial charge in [0, 0.05) is 19.1 Å². The Bertz CT molecular complexity index is 227. The van der Waals surface area contributed by atoms with Crippen LogP contribution in [0.5, 0.6) is 0 Å². The molecule has 0 bridgehead atoms. The lowest BCUT2D eigenvalue weighted by atomic mass is 9.78. The first-order valence-electron chi connectivity index (χ1n) is 8.86. The molecule has 0 spiro atoms. The van der Waals surface area contributed by atoms with Gasteiger partial charge in [-0.1, -0.05) is 39.0 Å². The fraction of sp³-hybridized carbons (Fsp3) is 1.00. The first-order chi connectivity index (χ1) is 9.42. The Morgan fingerprint density at radius 1 is 0.947 bits per heavy atom. The number of rotatable bonds is 8. The van der Waals surface area contributed by atoms with Crippen molar-refractivity contribution in [1.29, 1.82) is 0 Å². The minimum atomic E-state index is 0.935. The molecule has 0 radical (unpaired) electrons. The minimum Gasteiger partial charge on any atom is -0.315 e. The molecule has 1 saturated heterocycles. The van der Waals surface area contributed by atoms with Gasteiger partial charge in [-0.3, -0.25) is 4.90 Å². The molecule has 1 saturated carbocycles. The predicted molar refractivity (Wildman–Crippen MR) is 83.6 cm³/mol. The average Bonchev–Trinajstić information content (AvgIpc) is 2.46. The van der Waals surface area contributed by atoms with Crippen LogP contribution in [0.2, 0.25) is 0 Å². The smallest absolute Gasteiger partial charge is 0.0124 e. The summed E-state index contributed by atoms with van der Waals surface area (Å²) >= 11 is 0. The Kier molecular flexibility index (Phi) is 7.23. The molecule has 1 N–H and O–H groups in total. The van der Waals surface area contributed by atoms with Gasteiger partial charge >= 0.3 is 0 Å². The highest BCUT2D eigenvalue weighted by Crippen LogP contribution is 2.34. The number of likely N-dealkylation sites (tertiary alicyclic amines) is 1. The summed E-state index contributed by atoms with van der Waals surface area (Å²) in [6, 6.07) is 0.935. The molecule has 2 fully saturated rings. The van der Waals surface area contributed by atoms with E-state index in [1.807, 2.05) is 0 Å². The monoisotopic (exact) mass is 266 g/mol. The highest BCUT2D eigenvalue weighted by atomic mass is 15.2. The third-order valence-electron chi connectivity index (χ3n) is 5.14. The predicted octanol–water partition coefficient (Wildman–Crippen LogP) is 3.81. The van der Waals surface area contributed by atoms with Crippen molar-refractivity contribution in [3.05, 3.63) is 0 Å². The van der Waals surface area contributed by atoms with Crippen molar-refractivity contribution in [2.75, 3.05) is 26.2 Å². The summed E-state index contributed by atoms with van der Waals surface area (Å²) in [5.74, 6) is 1.03. The van der Waals surface area contributed by atoms with Crippen molar-refractivity contribution in [3.8, 4) is 0 Å². The van der Waals surface area contributed by atoms with Crippen molar-refractivity contribution in [2.24, 2.45) is 5.92 Å². The molecule has 2 nitrogen and oxygen atoms in total. The lowest BCUT2D eigenvalue weighted by molar-refractivity contribution is 0.0619. The van der Waals surface area contributed by atoms with Gasteiger partial charge in [0.25, 0.3) is 0 Å². The van der Waals surface area contributed by atoms with Gasteiger partial charge in [-0.15, -0.1) is 0 Å². The van der Waals surface area contributed by atoms with E-state index in [9.17, 15) is 0 Å². The fourth-order valence-corrected chi connectivity index (χ4v) is 4.03. The first-order valence-corrected chi connectivity index (χ1v) is 8.86. The van der Waals surface area contributed by atoms with Crippen molar-refractivity contribution >= 4 is 0 Å². The van der Waals surface area contributed by atoms with E-state index in [2.05, 4.69) is 17.1 Å². The summed E-state index contributed by atoms with van der Waals surface area (Å²) in [4.78, 5) is 2.80. The quantitative estimate of drug-likeness (QED) is 0.672. The van der Waals surface area contributed by atoms with E-state index in [1.54, 1.807) is 0 Å². The van der Waals surface area contributed by atoms with Gasteiger partial charge in [-0.25, -0.2) is 0 Å². The minimum absolute atomic E-state index is 0.935. The van der Waals surface area contributed by atoms with Gasteiger partial charge in [-0.05, 0) is 51.1 Å². The Morgan fingerprint density at radius 3 is 2.68 bits per heavy atom. The Balaban J connectivity index is 1.56. The van der Waals surface area contributed by atoms with E-state index in [0.29, 0.717) is 0 Å². The Hall–Kier alpha value is -0.0800. The van der Waals surface area contributed by atoms with Crippen LogP contribution in [-0.2, 0) is 0 Å². The molecule has 1 aliphatic heterocycles. The van der Waals surface area contributed by atoms with Gasteiger partial charge in [0.05, 0.1) is 0 Å². The van der Waals surface area contributed by atoms with Crippen LogP contribution in [0.25, 0.3) is 0 Å². The highest BCUT2D eigenvalue weighted by molar-refractivity contribution is 4.87. The van der Waals surface area contributed by atoms with Crippen molar-refractivity contribution < 1.29 is 0 Å². The van der Waals surface area contributed by atoms with Crippen molar-refractivity contribution in [2.45, 2.75) is 77.2 Å². The second-order valence-electron chi connectivity index (χ2n) is 6.60. The normalized spacial score (nSPS) is 28.3. The summed E-state index contributed by atoms with van der Waals surface area (Å²) in [6.07, 6.45) is 14.4. The van der Waals surface area contributed by atoms with E-state index in [-0.39, 0.29) is 0 Å². The third-order valence-corrected chi connectivity index (χ3v) is 5.14. The summed E-state index contributed by atoms with van der Waals surface area (Å²) < 4.78 is 0. The van der Waals surface area contributed by atoms with Crippen LogP contribution in [0.3, 0.4) is 0 Å². The molecule has 0 aromatic rings. The standard InChI is InChI=1S/C17H34N2/c1-2-3-4-7-12-18-13-15-19-14-8-10-16-9-5-6-11-17(16)19/h16-18H,2-15H2,1H3/t16-,17-/m1/s1. The number of hydrogen-bond donors (Lipinski definition) is 1. The lowest BCUT2D eigenvalue weighted by Crippen LogP contribution is -2.48. The molecule has 1 aliphatic carbocycles. The van der Waals surface area contributed by atoms with E-state index < -0.39 is 0 Å². The molecule has 1 heterocycles. The van der Waals surface area contributed by atoms with Crippen LogP contribution < -0.4 is 5.32 Å². The second kappa shape index (κ2) is 8.97. The molecule has 2 rings (SSSR count). The van der Waals surface area contributed by atoms with Crippen LogP contribution in [0.4, 0.5) is 0 Å². The Morgan fingerprint density at radius 2 is 1.79 bits per heavy atom. The van der Waals surface area contributed by atoms with Crippen LogP contribution in [0.1, 0.15) is 71.1 Å². The fourth-order valence-electron chi connectivity index (χ4n) is 4.03. The number of fused-ring (bicyclic) bond motifs is 1. The average molecular weight is 266 g/mol.